The predicted molar refractivity (Wildman–Crippen MR) is 113 cm³/mol. The van der Waals surface area contributed by atoms with Crippen LogP contribution in [0.3, 0.4) is 0 Å². The molecule has 1 atom stereocenters. The molecule has 0 saturated carbocycles. The Bertz CT molecular complexity index is 1310. The minimum absolute atomic E-state index is 0.131. The SMILES string of the molecule is COc1cccc(C2SCC(=O)N2NC(=O)Cn2cnc3c2c(=O)n(C)c(=O)n3C)c1. The number of amides is 2. The minimum Gasteiger partial charge on any atom is -0.497 e. The summed E-state index contributed by atoms with van der Waals surface area (Å²) in [5, 5.41) is 0.883. The number of carbonyl (C=O) groups is 2. The van der Waals surface area contributed by atoms with Gasteiger partial charge in [-0.15, -0.1) is 11.8 Å². The fourth-order valence-corrected chi connectivity index (χ4v) is 4.53. The van der Waals surface area contributed by atoms with Crippen molar-refractivity contribution in [1.29, 1.82) is 0 Å². The zero-order valence-corrected chi connectivity index (χ0v) is 17.9. The molecule has 1 N–H and O–H groups in total. The number of fused-ring (bicyclic) bond motifs is 1. The summed E-state index contributed by atoms with van der Waals surface area (Å²) in [4.78, 5) is 53.8. The third kappa shape index (κ3) is 3.58. The van der Waals surface area contributed by atoms with Crippen LogP contribution in [0, 0.1) is 0 Å². The average molecular weight is 444 g/mol. The minimum atomic E-state index is -0.550. The van der Waals surface area contributed by atoms with Gasteiger partial charge in [-0.05, 0) is 17.7 Å². The van der Waals surface area contributed by atoms with Crippen molar-refractivity contribution in [2.45, 2.75) is 11.9 Å². The van der Waals surface area contributed by atoms with Crippen molar-refractivity contribution in [2.75, 3.05) is 12.9 Å². The number of carbonyl (C=O) groups excluding carboxylic acids is 2. The number of imidazole rings is 1. The largest absolute Gasteiger partial charge is 0.497 e. The summed E-state index contributed by atoms with van der Waals surface area (Å²) in [7, 11) is 4.42. The van der Waals surface area contributed by atoms with Crippen LogP contribution in [0.4, 0.5) is 0 Å². The van der Waals surface area contributed by atoms with E-state index >= 15 is 0 Å². The van der Waals surface area contributed by atoms with Crippen molar-refractivity contribution in [1.82, 2.24) is 29.1 Å². The number of nitrogens with zero attached hydrogens (tertiary/aromatic N) is 5. The maximum Gasteiger partial charge on any atom is 0.332 e. The summed E-state index contributed by atoms with van der Waals surface area (Å²) in [5.74, 6) is 0.132. The summed E-state index contributed by atoms with van der Waals surface area (Å²) in [6, 6.07) is 7.27. The molecule has 1 saturated heterocycles. The molecule has 1 fully saturated rings. The Morgan fingerprint density at radius 2 is 2.03 bits per heavy atom. The lowest BCUT2D eigenvalue weighted by atomic mass is 10.2. The van der Waals surface area contributed by atoms with Gasteiger partial charge in [0, 0.05) is 14.1 Å². The first-order valence-corrected chi connectivity index (χ1v) is 10.3. The molecule has 12 heteroatoms. The molecule has 1 unspecified atom stereocenters. The van der Waals surface area contributed by atoms with Crippen molar-refractivity contribution < 1.29 is 14.3 Å². The van der Waals surface area contributed by atoms with Gasteiger partial charge in [-0.25, -0.2) is 14.8 Å². The molecule has 0 bridgehead atoms. The van der Waals surface area contributed by atoms with Crippen LogP contribution in [0.15, 0.2) is 40.2 Å². The second kappa shape index (κ2) is 7.95. The number of hydrogen-bond donors (Lipinski definition) is 1. The van der Waals surface area contributed by atoms with Crippen molar-refractivity contribution in [3.05, 3.63) is 57.0 Å². The number of benzene rings is 1. The molecule has 4 rings (SSSR count). The van der Waals surface area contributed by atoms with Gasteiger partial charge in [0.25, 0.3) is 17.4 Å². The number of ether oxygens (including phenoxy) is 1. The number of rotatable bonds is 5. The van der Waals surface area contributed by atoms with E-state index in [1.807, 2.05) is 18.2 Å². The van der Waals surface area contributed by atoms with Crippen LogP contribution in [-0.2, 0) is 30.2 Å². The van der Waals surface area contributed by atoms with Gasteiger partial charge in [0.2, 0.25) is 0 Å². The lowest BCUT2D eigenvalue weighted by Crippen LogP contribution is -2.46. The topological polar surface area (TPSA) is 120 Å². The molecular formula is C19H20N6O5S. The Morgan fingerprint density at radius 1 is 1.26 bits per heavy atom. The highest BCUT2D eigenvalue weighted by Gasteiger charge is 2.34. The third-order valence-corrected chi connectivity index (χ3v) is 6.24. The smallest absolute Gasteiger partial charge is 0.332 e. The van der Waals surface area contributed by atoms with Crippen molar-refractivity contribution in [3.63, 3.8) is 0 Å². The fraction of sp³-hybridized carbons (Fsp3) is 0.316. The van der Waals surface area contributed by atoms with Crippen LogP contribution in [0.1, 0.15) is 10.9 Å². The van der Waals surface area contributed by atoms with Crippen LogP contribution in [0.5, 0.6) is 5.75 Å². The van der Waals surface area contributed by atoms with Gasteiger partial charge in [0.05, 0.1) is 19.2 Å². The van der Waals surface area contributed by atoms with E-state index in [2.05, 4.69) is 10.4 Å². The Labute approximate surface area is 180 Å². The number of aromatic nitrogens is 4. The van der Waals surface area contributed by atoms with Gasteiger partial charge in [0.1, 0.15) is 17.7 Å². The molecule has 2 amide bonds. The summed E-state index contributed by atoms with van der Waals surface area (Å²) in [6.45, 7) is -0.247. The number of methoxy groups -OCH3 is 1. The normalized spacial score (nSPS) is 16.2. The first-order valence-electron chi connectivity index (χ1n) is 9.29. The number of hydrogen-bond acceptors (Lipinski definition) is 7. The van der Waals surface area contributed by atoms with E-state index in [9.17, 15) is 19.2 Å². The van der Waals surface area contributed by atoms with Gasteiger partial charge in [-0.1, -0.05) is 12.1 Å². The van der Waals surface area contributed by atoms with Crippen LogP contribution < -0.4 is 21.4 Å². The molecule has 1 aromatic carbocycles. The second-order valence-electron chi connectivity index (χ2n) is 6.99. The quantitative estimate of drug-likeness (QED) is 0.576. The molecule has 1 aliphatic heterocycles. The highest BCUT2D eigenvalue weighted by Crippen LogP contribution is 2.38. The number of hydrazine groups is 1. The van der Waals surface area contributed by atoms with E-state index < -0.39 is 22.5 Å². The molecule has 0 aliphatic carbocycles. The molecule has 1 aliphatic rings. The second-order valence-corrected chi connectivity index (χ2v) is 8.06. The molecule has 11 nitrogen and oxygen atoms in total. The third-order valence-electron chi connectivity index (χ3n) is 5.02. The predicted octanol–water partition coefficient (Wildman–Crippen LogP) is -0.252. The Morgan fingerprint density at radius 3 is 2.77 bits per heavy atom. The molecule has 3 heterocycles. The van der Waals surface area contributed by atoms with Gasteiger partial charge >= 0.3 is 5.69 Å². The van der Waals surface area contributed by atoms with Gasteiger partial charge in [-0.2, -0.15) is 0 Å². The fourth-order valence-electron chi connectivity index (χ4n) is 3.43. The van der Waals surface area contributed by atoms with E-state index in [4.69, 9.17) is 4.74 Å². The molecule has 3 aromatic rings. The van der Waals surface area contributed by atoms with Gasteiger partial charge < -0.3 is 9.30 Å². The van der Waals surface area contributed by atoms with Crippen LogP contribution in [-0.4, -0.2) is 48.4 Å². The number of aryl methyl sites for hydroxylation is 1. The molecule has 0 spiro atoms. The zero-order chi connectivity index (χ0) is 22.3. The maximum absolute atomic E-state index is 12.7. The lowest BCUT2D eigenvalue weighted by Gasteiger charge is -2.25. The Hall–Kier alpha value is -3.54. The number of thioether (sulfide) groups is 1. The molecule has 0 radical (unpaired) electrons. The van der Waals surface area contributed by atoms with Crippen LogP contribution >= 0.6 is 11.8 Å². The molecule has 31 heavy (non-hydrogen) atoms. The molecule has 2 aromatic heterocycles. The standard InChI is InChI=1S/C19H20N6O5S/c1-22-16-15(17(28)23(2)19(22)29)24(10-20-16)8-13(26)21-25-14(27)9-31-18(25)11-5-4-6-12(7-11)30-3/h4-7,10,18H,8-9H2,1-3H3,(H,21,26). The summed E-state index contributed by atoms with van der Waals surface area (Å²) < 4.78 is 8.80. The van der Waals surface area contributed by atoms with E-state index in [0.29, 0.717) is 5.75 Å². The summed E-state index contributed by atoms with van der Waals surface area (Å²) in [5.41, 5.74) is 2.70. The van der Waals surface area contributed by atoms with Crippen molar-refractivity contribution in [2.24, 2.45) is 14.1 Å². The highest BCUT2D eigenvalue weighted by molar-refractivity contribution is 8.00. The highest BCUT2D eigenvalue weighted by atomic mass is 32.2. The summed E-state index contributed by atoms with van der Waals surface area (Å²) in [6.07, 6.45) is 1.32. The maximum atomic E-state index is 12.7. The van der Waals surface area contributed by atoms with Crippen molar-refractivity contribution in [3.8, 4) is 5.75 Å². The van der Waals surface area contributed by atoms with E-state index in [-0.39, 0.29) is 29.4 Å². The monoisotopic (exact) mass is 444 g/mol. The number of nitrogens with one attached hydrogen (secondary N) is 1. The lowest BCUT2D eigenvalue weighted by molar-refractivity contribution is -0.139. The van der Waals surface area contributed by atoms with E-state index in [1.54, 1.807) is 13.2 Å². The first kappa shape index (κ1) is 20.7. The van der Waals surface area contributed by atoms with E-state index in [1.165, 1.54) is 46.3 Å². The van der Waals surface area contributed by atoms with Crippen LogP contribution in [0.2, 0.25) is 0 Å². The van der Waals surface area contributed by atoms with Crippen LogP contribution in [0.25, 0.3) is 11.2 Å². The zero-order valence-electron chi connectivity index (χ0n) is 17.1. The summed E-state index contributed by atoms with van der Waals surface area (Å²) >= 11 is 1.39. The Balaban J connectivity index is 1.59. The Kier molecular flexibility index (Phi) is 5.31. The molecular weight excluding hydrogens is 424 g/mol. The van der Waals surface area contributed by atoms with Gasteiger partial charge in [-0.3, -0.25) is 28.9 Å². The van der Waals surface area contributed by atoms with Crippen molar-refractivity contribution >= 4 is 34.7 Å². The average Bonchev–Trinajstić information content (AvgIpc) is 3.34. The van der Waals surface area contributed by atoms with Gasteiger partial charge in [0.15, 0.2) is 11.2 Å². The molecule has 162 valence electrons. The van der Waals surface area contributed by atoms with E-state index in [0.717, 1.165) is 10.1 Å². The first-order chi connectivity index (χ1) is 14.8.